The molecule has 13 heavy (non-hydrogen) atoms. The molecule has 1 aromatic carbocycles. The molecule has 0 aliphatic carbocycles. The van der Waals surface area contributed by atoms with Crippen LogP contribution in [0.2, 0.25) is 0 Å². The van der Waals surface area contributed by atoms with Gasteiger partial charge >= 0.3 is 58.7 Å². The summed E-state index contributed by atoms with van der Waals surface area (Å²) in [5, 5.41) is 16.7. The van der Waals surface area contributed by atoms with Gasteiger partial charge in [0.1, 0.15) is 0 Å². The van der Waals surface area contributed by atoms with Crippen molar-refractivity contribution < 1.29 is 14.7 Å². The van der Waals surface area contributed by atoms with E-state index in [1.807, 2.05) is 30.3 Å². The molecule has 0 bridgehead atoms. The van der Waals surface area contributed by atoms with Crippen LogP contribution >= 0.6 is 0 Å². The monoisotopic (exact) mass is 206 g/mol. The van der Waals surface area contributed by atoms with Crippen LogP contribution in [-0.4, -0.2) is 75.4 Å². The molecule has 0 heterocycles. The minimum absolute atomic E-state index is 0. The quantitative estimate of drug-likeness (QED) is 0.657. The Morgan fingerprint density at radius 3 is 2.31 bits per heavy atom. The van der Waals surface area contributed by atoms with Crippen molar-refractivity contribution in [2.75, 3.05) is 6.61 Å². The maximum atomic E-state index is 8.36. The van der Waals surface area contributed by atoms with Crippen LogP contribution in [0.3, 0.4) is 0 Å². The normalized spacial score (nSPS) is 9.08. The first-order valence-electron chi connectivity index (χ1n) is 3.81. The summed E-state index contributed by atoms with van der Waals surface area (Å²) in [6, 6.07) is 9.74. The predicted octanol–water partition coefficient (Wildman–Crippen LogP) is -0.433. The zero-order chi connectivity index (χ0) is 8.81. The Morgan fingerprint density at radius 1 is 1.15 bits per heavy atom. The zero-order valence-electron chi connectivity index (χ0n) is 6.68. The molecule has 3 nitrogen and oxygen atoms in total. The third kappa shape index (κ3) is 6.82. The first-order chi connectivity index (χ1) is 5.79. The molecule has 0 saturated heterocycles. The van der Waals surface area contributed by atoms with Crippen molar-refractivity contribution in [2.45, 2.75) is 6.42 Å². The van der Waals surface area contributed by atoms with E-state index in [9.17, 15) is 0 Å². The van der Waals surface area contributed by atoms with Crippen LogP contribution in [0.15, 0.2) is 30.3 Å². The molecule has 1 rings (SSSR count). The van der Waals surface area contributed by atoms with E-state index >= 15 is 0 Å². The third-order valence-corrected chi connectivity index (χ3v) is 1.50. The fourth-order valence-electron chi connectivity index (χ4n) is 0.927. The van der Waals surface area contributed by atoms with Crippen LogP contribution in [0.1, 0.15) is 5.56 Å². The zero-order valence-corrected chi connectivity index (χ0v) is 6.68. The molecule has 0 unspecified atom stereocenters. The fraction of sp³-hybridized carbons (Fsp3) is 0.250. The first-order valence-corrected chi connectivity index (χ1v) is 3.81. The van der Waals surface area contributed by atoms with Gasteiger partial charge in [-0.2, -0.15) is 0 Å². The Bertz CT molecular complexity index is 218. The van der Waals surface area contributed by atoms with E-state index in [4.69, 9.17) is 10.0 Å². The summed E-state index contributed by atoms with van der Waals surface area (Å²) < 4.78 is 4.56. The van der Waals surface area contributed by atoms with E-state index in [-0.39, 0.29) is 51.4 Å². The summed E-state index contributed by atoms with van der Waals surface area (Å²) >= 11 is 0. The molecular formula is C8H12BKO3. The summed E-state index contributed by atoms with van der Waals surface area (Å²) in [5.74, 6) is 0. The molecule has 0 amide bonds. The molecule has 1 aromatic rings. The molecule has 0 aromatic heterocycles. The molecule has 66 valence electrons. The average Bonchev–Trinajstić information content (AvgIpc) is 2.05. The van der Waals surface area contributed by atoms with Gasteiger partial charge in [0, 0.05) is 6.61 Å². The Kier molecular flexibility index (Phi) is 8.64. The molecule has 0 radical (unpaired) electrons. The first kappa shape index (κ1) is 13.8. The van der Waals surface area contributed by atoms with Gasteiger partial charge < -0.3 is 14.7 Å². The van der Waals surface area contributed by atoms with Crippen LogP contribution in [0, 0.1) is 0 Å². The van der Waals surface area contributed by atoms with Crippen molar-refractivity contribution >= 4 is 58.7 Å². The SMILES string of the molecule is OB(O)OCCc1ccccc1.[KH]. The Morgan fingerprint density at radius 2 is 1.77 bits per heavy atom. The Hall–Kier alpha value is 0.801. The summed E-state index contributed by atoms with van der Waals surface area (Å²) in [5.41, 5.74) is 1.12. The molecule has 2 N–H and O–H groups in total. The summed E-state index contributed by atoms with van der Waals surface area (Å²) in [4.78, 5) is 0. The Labute approximate surface area is 121 Å². The van der Waals surface area contributed by atoms with Crippen LogP contribution in [-0.2, 0) is 11.1 Å². The van der Waals surface area contributed by atoms with Crippen LogP contribution in [0.4, 0.5) is 0 Å². The number of hydrogen-bond donors (Lipinski definition) is 2. The van der Waals surface area contributed by atoms with Crippen LogP contribution in [0.25, 0.3) is 0 Å². The molecule has 0 fully saturated rings. The van der Waals surface area contributed by atoms with Crippen molar-refractivity contribution in [1.82, 2.24) is 0 Å². The van der Waals surface area contributed by atoms with Crippen molar-refractivity contribution in [3.8, 4) is 0 Å². The van der Waals surface area contributed by atoms with Gasteiger partial charge in [0.25, 0.3) is 0 Å². The van der Waals surface area contributed by atoms with E-state index in [2.05, 4.69) is 4.65 Å². The molecule has 0 aliphatic heterocycles. The molecule has 5 heteroatoms. The molecular weight excluding hydrogens is 194 g/mol. The van der Waals surface area contributed by atoms with Gasteiger partial charge in [0.2, 0.25) is 0 Å². The minimum atomic E-state index is -1.66. The van der Waals surface area contributed by atoms with Crippen molar-refractivity contribution in [1.29, 1.82) is 0 Å². The average molecular weight is 206 g/mol. The maximum absolute atomic E-state index is 8.36. The van der Waals surface area contributed by atoms with E-state index in [0.29, 0.717) is 13.0 Å². The second-order valence-electron chi connectivity index (χ2n) is 2.43. The van der Waals surface area contributed by atoms with Crippen molar-refractivity contribution in [2.24, 2.45) is 0 Å². The van der Waals surface area contributed by atoms with E-state index in [1.54, 1.807) is 0 Å². The van der Waals surface area contributed by atoms with Crippen molar-refractivity contribution in [3.63, 3.8) is 0 Å². The second kappa shape index (κ2) is 8.14. The topological polar surface area (TPSA) is 49.7 Å². The van der Waals surface area contributed by atoms with Gasteiger partial charge in [-0.1, -0.05) is 30.3 Å². The Balaban J connectivity index is 0.00000144. The van der Waals surface area contributed by atoms with Crippen molar-refractivity contribution in [3.05, 3.63) is 35.9 Å². The van der Waals surface area contributed by atoms with Crippen LogP contribution < -0.4 is 0 Å². The van der Waals surface area contributed by atoms with E-state index < -0.39 is 7.32 Å². The molecule has 0 spiro atoms. The summed E-state index contributed by atoms with van der Waals surface area (Å²) in [7, 11) is -1.66. The second-order valence-corrected chi connectivity index (χ2v) is 2.43. The van der Waals surface area contributed by atoms with Gasteiger partial charge in [0.05, 0.1) is 0 Å². The predicted molar refractivity (Wildman–Crippen MR) is 53.4 cm³/mol. The number of hydrogen-bond acceptors (Lipinski definition) is 3. The van der Waals surface area contributed by atoms with Gasteiger partial charge in [-0.25, -0.2) is 0 Å². The number of benzene rings is 1. The van der Waals surface area contributed by atoms with Gasteiger partial charge in [-0.15, -0.1) is 0 Å². The van der Waals surface area contributed by atoms with Gasteiger partial charge in [0.15, 0.2) is 0 Å². The van der Waals surface area contributed by atoms with Crippen LogP contribution in [0.5, 0.6) is 0 Å². The summed E-state index contributed by atoms with van der Waals surface area (Å²) in [6.07, 6.45) is 0.693. The summed E-state index contributed by atoms with van der Waals surface area (Å²) in [6.45, 7) is 0.321. The fourth-order valence-corrected chi connectivity index (χ4v) is 0.927. The van der Waals surface area contributed by atoms with Gasteiger partial charge in [-0.3, -0.25) is 0 Å². The molecule has 0 atom stereocenters. The van der Waals surface area contributed by atoms with E-state index in [1.165, 1.54) is 0 Å². The molecule has 0 saturated carbocycles. The van der Waals surface area contributed by atoms with Gasteiger partial charge in [-0.05, 0) is 12.0 Å². The number of rotatable bonds is 4. The standard InChI is InChI=1S/C8H11BO3.K.H/c10-9(11)12-7-6-8-4-2-1-3-5-8;;/h1-5,10-11H,6-7H2;;. The molecule has 0 aliphatic rings. The van der Waals surface area contributed by atoms with E-state index in [0.717, 1.165) is 5.56 Å². The third-order valence-electron chi connectivity index (χ3n) is 1.50.